The van der Waals surface area contributed by atoms with E-state index in [1.807, 2.05) is 0 Å². The molecule has 0 unspecified atom stereocenters. The van der Waals surface area contributed by atoms with Crippen LogP contribution in [0.1, 0.15) is 0 Å². The van der Waals surface area contributed by atoms with Crippen molar-refractivity contribution in [2.24, 2.45) is 0 Å². The fourth-order valence-corrected chi connectivity index (χ4v) is 2.98. The molecule has 0 aliphatic rings. The molecule has 0 saturated carbocycles. The van der Waals surface area contributed by atoms with Crippen LogP contribution in [0.5, 0.6) is 0 Å². The SMILES string of the molecule is CON(OC)c1ccccc1S(=O)(=O)Nc1cccc(N)n1. The summed E-state index contributed by atoms with van der Waals surface area (Å²) in [5.41, 5.74) is 5.77. The quantitative estimate of drug-likeness (QED) is 0.773. The number of pyridine rings is 1. The Morgan fingerprint density at radius 3 is 2.41 bits per heavy atom. The van der Waals surface area contributed by atoms with Crippen molar-refractivity contribution in [1.82, 2.24) is 4.98 Å². The van der Waals surface area contributed by atoms with Gasteiger partial charge in [-0.1, -0.05) is 18.2 Å². The van der Waals surface area contributed by atoms with E-state index in [2.05, 4.69) is 9.71 Å². The Balaban J connectivity index is 2.42. The average molecular weight is 324 g/mol. The molecule has 2 aromatic rings. The molecule has 1 heterocycles. The number of rotatable bonds is 6. The number of sulfonamides is 1. The molecule has 0 amide bonds. The lowest BCUT2D eigenvalue weighted by Gasteiger charge is -2.21. The number of aromatic nitrogens is 1. The first-order valence-electron chi connectivity index (χ1n) is 6.20. The minimum absolute atomic E-state index is 0.0251. The summed E-state index contributed by atoms with van der Waals surface area (Å²) in [5, 5.41) is 0.987. The van der Waals surface area contributed by atoms with Gasteiger partial charge in [-0.15, -0.1) is 5.23 Å². The van der Waals surface area contributed by atoms with Crippen LogP contribution in [0.4, 0.5) is 17.3 Å². The van der Waals surface area contributed by atoms with Gasteiger partial charge in [0.1, 0.15) is 22.2 Å². The van der Waals surface area contributed by atoms with Crippen molar-refractivity contribution in [2.45, 2.75) is 4.90 Å². The zero-order valence-corrected chi connectivity index (χ0v) is 12.9. The lowest BCUT2D eigenvalue weighted by molar-refractivity contribution is -0.0444. The molecule has 1 aromatic carbocycles. The highest BCUT2D eigenvalue weighted by atomic mass is 32.2. The summed E-state index contributed by atoms with van der Waals surface area (Å²) in [5.74, 6) is 0.333. The average Bonchev–Trinajstić information content (AvgIpc) is 2.48. The second-order valence-corrected chi connectivity index (χ2v) is 5.79. The van der Waals surface area contributed by atoms with Gasteiger partial charge in [0.2, 0.25) is 0 Å². The standard InChI is InChI=1S/C13H16N4O4S/c1-20-17(21-2)10-6-3-4-7-11(10)22(18,19)16-13-9-5-8-12(14)15-13/h3-9H,1-2H3,(H3,14,15,16). The maximum absolute atomic E-state index is 12.5. The van der Waals surface area contributed by atoms with Gasteiger partial charge in [-0.25, -0.2) is 13.4 Å². The van der Waals surface area contributed by atoms with Gasteiger partial charge in [-0.3, -0.25) is 14.4 Å². The zero-order chi connectivity index (χ0) is 16.2. The lowest BCUT2D eigenvalue weighted by Crippen LogP contribution is -2.24. The molecule has 1 aromatic heterocycles. The molecule has 2 rings (SSSR count). The number of hydrogen-bond acceptors (Lipinski definition) is 7. The molecular formula is C13H16N4O4S. The van der Waals surface area contributed by atoms with Crippen molar-refractivity contribution in [2.75, 3.05) is 29.9 Å². The smallest absolute Gasteiger partial charge is 0.265 e. The number of anilines is 3. The van der Waals surface area contributed by atoms with E-state index < -0.39 is 10.0 Å². The number of nitrogen functional groups attached to an aromatic ring is 1. The highest BCUT2D eigenvalue weighted by Gasteiger charge is 2.22. The topological polar surface area (TPSA) is 107 Å². The van der Waals surface area contributed by atoms with Crippen molar-refractivity contribution in [3.05, 3.63) is 42.5 Å². The third-order valence-electron chi connectivity index (χ3n) is 2.69. The third kappa shape index (κ3) is 3.45. The predicted molar refractivity (Wildman–Crippen MR) is 82.4 cm³/mol. The first kappa shape index (κ1) is 16.0. The first-order chi connectivity index (χ1) is 10.5. The van der Waals surface area contributed by atoms with Gasteiger partial charge in [0.25, 0.3) is 10.0 Å². The van der Waals surface area contributed by atoms with Crippen LogP contribution in [0.2, 0.25) is 0 Å². The molecule has 0 fully saturated rings. The summed E-state index contributed by atoms with van der Waals surface area (Å²) in [6.45, 7) is 0. The lowest BCUT2D eigenvalue weighted by atomic mass is 10.3. The summed E-state index contributed by atoms with van der Waals surface area (Å²) < 4.78 is 27.4. The fourth-order valence-electron chi connectivity index (χ4n) is 1.81. The van der Waals surface area contributed by atoms with E-state index in [9.17, 15) is 8.42 Å². The Labute approximate surface area is 128 Å². The van der Waals surface area contributed by atoms with Crippen molar-refractivity contribution in [1.29, 1.82) is 0 Å². The summed E-state index contributed by atoms with van der Waals surface area (Å²) in [6.07, 6.45) is 0. The van der Waals surface area contributed by atoms with Gasteiger partial charge in [0.05, 0.1) is 14.2 Å². The summed E-state index contributed by atoms with van der Waals surface area (Å²) in [7, 11) is -1.17. The van der Waals surface area contributed by atoms with E-state index in [1.165, 1.54) is 26.4 Å². The van der Waals surface area contributed by atoms with E-state index in [0.29, 0.717) is 0 Å². The van der Waals surface area contributed by atoms with Crippen LogP contribution in [-0.4, -0.2) is 27.6 Å². The Bertz CT molecular complexity index is 747. The number of nitrogens with one attached hydrogen (secondary N) is 1. The molecule has 0 aliphatic carbocycles. The monoisotopic (exact) mass is 324 g/mol. The van der Waals surface area contributed by atoms with Gasteiger partial charge in [0, 0.05) is 0 Å². The van der Waals surface area contributed by atoms with Crippen LogP contribution in [-0.2, 0) is 19.7 Å². The minimum Gasteiger partial charge on any atom is -0.384 e. The number of para-hydroxylation sites is 1. The molecule has 0 aliphatic heterocycles. The largest absolute Gasteiger partial charge is 0.384 e. The van der Waals surface area contributed by atoms with Gasteiger partial charge < -0.3 is 5.73 Å². The number of hydrogen-bond donors (Lipinski definition) is 2. The molecule has 8 nitrogen and oxygen atoms in total. The van der Waals surface area contributed by atoms with Gasteiger partial charge in [0.15, 0.2) is 0 Å². The number of nitrogens with zero attached hydrogens (tertiary/aromatic N) is 2. The van der Waals surface area contributed by atoms with Crippen molar-refractivity contribution in [3.8, 4) is 0 Å². The van der Waals surface area contributed by atoms with Crippen LogP contribution >= 0.6 is 0 Å². The molecule has 0 bridgehead atoms. The van der Waals surface area contributed by atoms with Crippen molar-refractivity contribution < 1.29 is 18.1 Å². The van der Waals surface area contributed by atoms with Crippen LogP contribution in [0, 0.1) is 0 Å². The fraction of sp³-hybridized carbons (Fsp3) is 0.154. The Morgan fingerprint density at radius 2 is 1.77 bits per heavy atom. The summed E-state index contributed by atoms with van der Waals surface area (Å²) >= 11 is 0. The number of nitrogens with two attached hydrogens (primary N) is 1. The highest BCUT2D eigenvalue weighted by molar-refractivity contribution is 7.92. The third-order valence-corrected chi connectivity index (χ3v) is 4.09. The van der Waals surface area contributed by atoms with Gasteiger partial charge in [-0.05, 0) is 24.3 Å². The van der Waals surface area contributed by atoms with Crippen LogP contribution in [0.3, 0.4) is 0 Å². The van der Waals surface area contributed by atoms with Crippen LogP contribution < -0.4 is 15.7 Å². The Morgan fingerprint density at radius 1 is 1.09 bits per heavy atom. The number of benzene rings is 1. The van der Waals surface area contributed by atoms with E-state index in [1.54, 1.807) is 30.3 Å². The summed E-state index contributed by atoms with van der Waals surface area (Å²) in [6, 6.07) is 10.9. The van der Waals surface area contributed by atoms with Crippen molar-refractivity contribution >= 4 is 27.3 Å². The van der Waals surface area contributed by atoms with E-state index in [0.717, 1.165) is 5.23 Å². The molecule has 0 saturated heterocycles. The van der Waals surface area contributed by atoms with Gasteiger partial charge in [-0.2, -0.15) is 0 Å². The minimum atomic E-state index is -3.90. The van der Waals surface area contributed by atoms with Crippen LogP contribution in [0.25, 0.3) is 0 Å². The normalized spacial score (nSPS) is 11.2. The first-order valence-corrected chi connectivity index (χ1v) is 7.69. The van der Waals surface area contributed by atoms with Gasteiger partial charge >= 0.3 is 0 Å². The molecular weight excluding hydrogens is 308 g/mol. The second-order valence-electron chi connectivity index (χ2n) is 4.14. The van der Waals surface area contributed by atoms with Crippen LogP contribution in [0.15, 0.2) is 47.4 Å². The zero-order valence-electron chi connectivity index (χ0n) is 12.1. The van der Waals surface area contributed by atoms with E-state index in [-0.39, 0.29) is 22.2 Å². The molecule has 0 atom stereocenters. The molecule has 0 spiro atoms. The maximum atomic E-state index is 12.5. The second kappa shape index (κ2) is 6.60. The molecule has 3 N–H and O–H groups in total. The molecule has 22 heavy (non-hydrogen) atoms. The predicted octanol–water partition coefficient (Wildman–Crippen LogP) is 1.39. The Kier molecular flexibility index (Phi) is 4.81. The van der Waals surface area contributed by atoms with E-state index >= 15 is 0 Å². The maximum Gasteiger partial charge on any atom is 0.265 e. The summed E-state index contributed by atoms with van der Waals surface area (Å²) in [4.78, 5) is 13.8. The highest BCUT2D eigenvalue weighted by Crippen LogP contribution is 2.26. The Hall–Kier alpha value is -2.36. The van der Waals surface area contributed by atoms with Crippen molar-refractivity contribution in [3.63, 3.8) is 0 Å². The van der Waals surface area contributed by atoms with E-state index in [4.69, 9.17) is 15.4 Å². The molecule has 9 heteroatoms. The molecule has 0 radical (unpaired) electrons. The molecule has 118 valence electrons.